The largest absolute Gasteiger partial charge is 0.308 e. The summed E-state index contributed by atoms with van der Waals surface area (Å²) in [4.78, 5) is 4.06. The third kappa shape index (κ3) is 0.636. The van der Waals surface area contributed by atoms with E-state index in [2.05, 4.69) is 4.98 Å². The van der Waals surface area contributed by atoms with E-state index in [0.717, 1.165) is 5.65 Å². The van der Waals surface area contributed by atoms with E-state index in [1.165, 1.54) is 0 Å². The van der Waals surface area contributed by atoms with Crippen molar-refractivity contribution in [2.24, 2.45) is 0 Å². The van der Waals surface area contributed by atoms with Crippen molar-refractivity contribution < 1.29 is 0 Å². The zero-order valence-electron chi connectivity index (χ0n) is 5.36. The quantitative estimate of drug-likeness (QED) is 0.461. The monoisotopic (exact) mass is 128 g/mol. The van der Waals surface area contributed by atoms with E-state index >= 15 is 0 Å². The van der Waals surface area contributed by atoms with Gasteiger partial charge in [-0.25, -0.2) is 4.98 Å². The van der Waals surface area contributed by atoms with E-state index in [-0.39, 0.29) is 0 Å². The van der Waals surface area contributed by atoms with Crippen molar-refractivity contribution in [1.82, 2.24) is 9.38 Å². The molecule has 2 radical (unpaired) electrons. The van der Waals surface area contributed by atoms with Gasteiger partial charge >= 0.3 is 0 Å². The van der Waals surface area contributed by atoms with Gasteiger partial charge in [0, 0.05) is 18.6 Å². The van der Waals surface area contributed by atoms with Crippen LogP contribution in [0.5, 0.6) is 0 Å². The Kier molecular flexibility index (Phi) is 1.03. The molecule has 46 valence electrons. The van der Waals surface area contributed by atoms with Crippen molar-refractivity contribution in [3.05, 3.63) is 30.7 Å². The van der Waals surface area contributed by atoms with Gasteiger partial charge in [-0.1, -0.05) is 11.5 Å². The van der Waals surface area contributed by atoms with Gasteiger partial charge in [0.25, 0.3) is 0 Å². The van der Waals surface area contributed by atoms with Crippen LogP contribution in [-0.4, -0.2) is 17.2 Å². The molecule has 2 heterocycles. The first-order valence-electron chi connectivity index (χ1n) is 3.05. The second-order valence-electron chi connectivity index (χ2n) is 2.12. The maximum atomic E-state index is 5.62. The van der Waals surface area contributed by atoms with Gasteiger partial charge in [0.05, 0.1) is 0 Å². The fraction of sp³-hybridized carbons (Fsp3) is 0. The lowest BCUT2D eigenvalue weighted by molar-refractivity contribution is 1.20. The highest BCUT2D eigenvalue weighted by molar-refractivity contribution is 6.36. The van der Waals surface area contributed by atoms with Gasteiger partial charge in [0.2, 0.25) is 0 Å². The highest BCUT2D eigenvalue weighted by Gasteiger charge is 1.92. The van der Waals surface area contributed by atoms with Gasteiger partial charge in [-0.05, 0) is 6.07 Å². The molecule has 0 aliphatic rings. The Bertz CT molecular complexity index is 353. The van der Waals surface area contributed by atoms with Gasteiger partial charge in [-0.15, -0.1) is 0 Å². The predicted octanol–water partition coefficient (Wildman–Crippen LogP) is 0.128. The third-order valence-electron chi connectivity index (χ3n) is 1.45. The molecule has 0 saturated carbocycles. The van der Waals surface area contributed by atoms with Crippen LogP contribution in [0.2, 0.25) is 0 Å². The second-order valence-corrected chi connectivity index (χ2v) is 2.12. The van der Waals surface area contributed by atoms with Crippen molar-refractivity contribution in [2.45, 2.75) is 0 Å². The molecule has 0 amide bonds. The molecule has 2 aromatic heterocycles. The topological polar surface area (TPSA) is 17.3 Å². The first-order valence-corrected chi connectivity index (χ1v) is 3.05. The molecular formula is C7H5BN2. The van der Waals surface area contributed by atoms with Crippen LogP contribution >= 0.6 is 0 Å². The summed E-state index contributed by atoms with van der Waals surface area (Å²) >= 11 is 0. The second kappa shape index (κ2) is 1.87. The van der Waals surface area contributed by atoms with Gasteiger partial charge in [0.15, 0.2) is 0 Å². The Hall–Kier alpha value is -1.25. The van der Waals surface area contributed by atoms with E-state index in [1.54, 1.807) is 6.20 Å². The summed E-state index contributed by atoms with van der Waals surface area (Å²) in [6.45, 7) is 0. The summed E-state index contributed by atoms with van der Waals surface area (Å²) < 4.78 is 1.88. The summed E-state index contributed by atoms with van der Waals surface area (Å²) in [5.41, 5.74) is 1.54. The lowest BCUT2D eigenvalue weighted by Gasteiger charge is -1.94. The average molecular weight is 128 g/mol. The first kappa shape index (κ1) is 5.53. The van der Waals surface area contributed by atoms with Crippen molar-refractivity contribution in [2.75, 3.05) is 0 Å². The Morgan fingerprint density at radius 1 is 1.40 bits per heavy atom. The molecule has 0 N–H and O–H groups in total. The van der Waals surface area contributed by atoms with Crippen LogP contribution in [0.3, 0.4) is 0 Å². The molecule has 0 fully saturated rings. The Morgan fingerprint density at radius 3 is 3.10 bits per heavy atom. The van der Waals surface area contributed by atoms with Crippen LogP contribution in [0.15, 0.2) is 30.7 Å². The number of pyridine rings is 1. The predicted molar refractivity (Wildman–Crippen MR) is 40.6 cm³/mol. The molecule has 10 heavy (non-hydrogen) atoms. The number of imidazole rings is 1. The number of hydrogen-bond donors (Lipinski definition) is 0. The fourth-order valence-electron chi connectivity index (χ4n) is 0.971. The summed E-state index contributed by atoms with van der Waals surface area (Å²) in [6, 6.07) is 3.73. The van der Waals surface area contributed by atoms with Gasteiger partial charge in [0.1, 0.15) is 13.5 Å². The number of fused-ring (bicyclic) bond motifs is 1. The van der Waals surface area contributed by atoms with Crippen LogP contribution in [0.4, 0.5) is 0 Å². The van der Waals surface area contributed by atoms with Crippen LogP contribution < -0.4 is 5.46 Å². The van der Waals surface area contributed by atoms with Crippen LogP contribution in [-0.2, 0) is 0 Å². The Balaban J connectivity index is 2.95. The summed E-state index contributed by atoms with van der Waals surface area (Å²) in [5.74, 6) is 0. The molecule has 0 unspecified atom stereocenters. The minimum atomic E-state index is 0.715. The summed E-state index contributed by atoms with van der Waals surface area (Å²) in [6.07, 6.45) is 5.51. The number of aromatic nitrogens is 2. The van der Waals surface area contributed by atoms with Crippen molar-refractivity contribution in [3.63, 3.8) is 0 Å². The van der Waals surface area contributed by atoms with Gasteiger partial charge in [-0.2, -0.15) is 0 Å². The molecule has 0 aliphatic heterocycles. The Labute approximate surface area is 59.9 Å². The van der Waals surface area contributed by atoms with Gasteiger partial charge in [-0.3, -0.25) is 0 Å². The maximum absolute atomic E-state index is 5.62. The summed E-state index contributed by atoms with van der Waals surface area (Å²) in [5, 5.41) is 0. The number of hydrogen-bond acceptors (Lipinski definition) is 1. The van der Waals surface area contributed by atoms with E-state index in [0.29, 0.717) is 5.46 Å². The normalized spacial score (nSPS) is 10.4. The molecule has 2 rings (SSSR count). The molecule has 0 saturated heterocycles. The van der Waals surface area contributed by atoms with E-state index in [1.807, 2.05) is 28.9 Å². The highest BCUT2D eigenvalue weighted by atomic mass is 15.0. The Morgan fingerprint density at radius 2 is 2.30 bits per heavy atom. The zero-order valence-corrected chi connectivity index (χ0v) is 5.36. The third-order valence-corrected chi connectivity index (χ3v) is 1.45. The molecule has 0 aromatic carbocycles. The van der Waals surface area contributed by atoms with E-state index in [9.17, 15) is 0 Å². The van der Waals surface area contributed by atoms with Crippen LogP contribution in [0, 0.1) is 0 Å². The van der Waals surface area contributed by atoms with Crippen molar-refractivity contribution in [3.8, 4) is 0 Å². The minimum absolute atomic E-state index is 0.715. The smallest absolute Gasteiger partial charge is 0.129 e. The van der Waals surface area contributed by atoms with Crippen molar-refractivity contribution in [1.29, 1.82) is 0 Å². The maximum Gasteiger partial charge on any atom is 0.129 e. The number of nitrogens with zero attached hydrogens (tertiary/aromatic N) is 2. The lowest BCUT2D eigenvalue weighted by Crippen LogP contribution is -2.05. The molecule has 2 nitrogen and oxygen atoms in total. The van der Waals surface area contributed by atoms with Crippen molar-refractivity contribution >= 4 is 19.0 Å². The van der Waals surface area contributed by atoms with E-state index in [4.69, 9.17) is 7.85 Å². The molecule has 2 aromatic rings. The minimum Gasteiger partial charge on any atom is -0.308 e. The SMILES string of the molecule is [B]c1cccn2ccnc12. The highest BCUT2D eigenvalue weighted by Crippen LogP contribution is 1.93. The standard InChI is InChI=1S/C7H5BN2/c8-6-2-1-4-10-5-3-9-7(6)10/h1-5H. The first-order chi connectivity index (χ1) is 4.88. The van der Waals surface area contributed by atoms with Gasteiger partial charge < -0.3 is 4.40 Å². The molecule has 0 atom stereocenters. The molecule has 0 aliphatic carbocycles. The van der Waals surface area contributed by atoms with Crippen LogP contribution in [0.1, 0.15) is 0 Å². The molecule has 0 spiro atoms. The fourth-order valence-corrected chi connectivity index (χ4v) is 0.971. The average Bonchev–Trinajstić information content (AvgIpc) is 2.36. The number of rotatable bonds is 0. The zero-order chi connectivity index (χ0) is 6.97. The van der Waals surface area contributed by atoms with E-state index < -0.39 is 0 Å². The molecule has 0 bridgehead atoms. The van der Waals surface area contributed by atoms with Crippen LogP contribution in [0.25, 0.3) is 5.65 Å². The molecular weight excluding hydrogens is 123 g/mol. The lowest BCUT2D eigenvalue weighted by atomic mass is 9.98. The molecule has 3 heteroatoms. The summed E-state index contributed by atoms with van der Waals surface area (Å²) in [7, 11) is 5.62.